The molecular formula is C27H50N4O2. The molecule has 2 unspecified atom stereocenters. The molecule has 3 aliphatic heterocycles. The summed E-state index contributed by atoms with van der Waals surface area (Å²) in [6, 6.07) is 0.488. The van der Waals surface area contributed by atoms with Crippen molar-refractivity contribution < 1.29 is 9.59 Å². The Bertz CT molecular complexity index is 652. The fourth-order valence-electron chi connectivity index (χ4n) is 6.36. The van der Waals surface area contributed by atoms with Crippen LogP contribution in [0.1, 0.15) is 86.0 Å². The van der Waals surface area contributed by atoms with E-state index in [1.165, 1.54) is 32.2 Å². The van der Waals surface area contributed by atoms with E-state index in [2.05, 4.69) is 56.8 Å². The molecule has 0 bridgehead atoms. The van der Waals surface area contributed by atoms with E-state index in [1.54, 1.807) is 0 Å². The quantitative estimate of drug-likeness (QED) is 0.597. The van der Waals surface area contributed by atoms with Crippen LogP contribution in [0.2, 0.25) is 0 Å². The highest BCUT2D eigenvalue weighted by Gasteiger charge is 2.40. The zero-order chi connectivity index (χ0) is 24.1. The summed E-state index contributed by atoms with van der Waals surface area (Å²) >= 11 is 0. The fraction of sp³-hybridized carbons (Fsp3) is 0.926. The van der Waals surface area contributed by atoms with Gasteiger partial charge in [0.15, 0.2) is 0 Å². The molecular weight excluding hydrogens is 412 g/mol. The van der Waals surface area contributed by atoms with Crippen molar-refractivity contribution >= 4 is 11.8 Å². The number of rotatable bonds is 8. The first-order valence-corrected chi connectivity index (χ1v) is 13.7. The molecule has 0 aromatic carbocycles. The van der Waals surface area contributed by atoms with E-state index in [0.29, 0.717) is 30.3 Å². The lowest BCUT2D eigenvalue weighted by atomic mass is 9.83. The fourth-order valence-corrected chi connectivity index (χ4v) is 6.36. The molecule has 0 saturated carbocycles. The SMILES string of the molecule is CC(C)C[C@@H]1NCCN([C@@H](CC(C)C)C(=O)N2CCC(CC3CCCCN3C)C[C@@H]2C)C1=O. The van der Waals surface area contributed by atoms with Gasteiger partial charge in [-0.3, -0.25) is 9.59 Å². The van der Waals surface area contributed by atoms with Gasteiger partial charge in [0.05, 0.1) is 6.04 Å². The Morgan fingerprint density at radius 1 is 1.06 bits per heavy atom. The highest BCUT2D eigenvalue weighted by molar-refractivity contribution is 5.90. The Balaban J connectivity index is 1.65. The lowest BCUT2D eigenvalue weighted by Crippen LogP contribution is -2.62. The largest absolute Gasteiger partial charge is 0.338 e. The molecule has 6 heteroatoms. The van der Waals surface area contributed by atoms with Gasteiger partial charge in [-0.25, -0.2) is 0 Å². The van der Waals surface area contributed by atoms with Gasteiger partial charge in [-0.1, -0.05) is 34.1 Å². The Kier molecular flexibility index (Phi) is 9.63. The number of nitrogens with one attached hydrogen (secondary N) is 1. The van der Waals surface area contributed by atoms with Crippen molar-refractivity contribution in [1.82, 2.24) is 20.0 Å². The topological polar surface area (TPSA) is 55.9 Å². The summed E-state index contributed by atoms with van der Waals surface area (Å²) in [5.41, 5.74) is 0. The maximum absolute atomic E-state index is 13.9. The Hall–Kier alpha value is -1.14. The zero-order valence-corrected chi connectivity index (χ0v) is 22.2. The van der Waals surface area contributed by atoms with Crippen LogP contribution in [0.3, 0.4) is 0 Å². The number of piperidine rings is 2. The van der Waals surface area contributed by atoms with Crippen molar-refractivity contribution in [2.24, 2.45) is 17.8 Å². The van der Waals surface area contributed by atoms with Gasteiger partial charge in [-0.15, -0.1) is 0 Å². The van der Waals surface area contributed by atoms with Crippen LogP contribution in [0.15, 0.2) is 0 Å². The summed E-state index contributed by atoms with van der Waals surface area (Å²) in [4.78, 5) is 33.8. The van der Waals surface area contributed by atoms with Gasteiger partial charge in [-0.05, 0) is 83.2 Å². The van der Waals surface area contributed by atoms with Crippen LogP contribution < -0.4 is 5.32 Å². The third-order valence-electron chi connectivity index (χ3n) is 8.18. The van der Waals surface area contributed by atoms with Crippen LogP contribution in [0.25, 0.3) is 0 Å². The van der Waals surface area contributed by atoms with E-state index >= 15 is 0 Å². The van der Waals surface area contributed by atoms with E-state index in [4.69, 9.17) is 0 Å². The number of hydrogen-bond acceptors (Lipinski definition) is 4. The normalized spacial score (nSPS) is 30.8. The smallest absolute Gasteiger partial charge is 0.245 e. The summed E-state index contributed by atoms with van der Waals surface area (Å²) in [6.07, 6.45) is 9.05. The number of carbonyl (C=O) groups is 2. The highest BCUT2D eigenvalue weighted by atomic mass is 16.2. The number of nitrogens with zero attached hydrogens (tertiary/aromatic N) is 3. The molecule has 190 valence electrons. The second-order valence-electron chi connectivity index (χ2n) is 12.0. The van der Waals surface area contributed by atoms with Gasteiger partial charge in [0, 0.05) is 31.7 Å². The third-order valence-corrected chi connectivity index (χ3v) is 8.18. The van der Waals surface area contributed by atoms with Gasteiger partial charge >= 0.3 is 0 Å². The lowest BCUT2D eigenvalue weighted by Gasteiger charge is -2.45. The summed E-state index contributed by atoms with van der Waals surface area (Å²) < 4.78 is 0. The molecule has 2 amide bonds. The first kappa shape index (κ1) is 26.5. The second kappa shape index (κ2) is 12.0. The van der Waals surface area contributed by atoms with Gasteiger partial charge in [0.25, 0.3) is 0 Å². The molecule has 0 aromatic heterocycles. The van der Waals surface area contributed by atoms with Crippen molar-refractivity contribution in [2.45, 2.75) is 110 Å². The average molecular weight is 463 g/mol. The Morgan fingerprint density at radius 2 is 1.82 bits per heavy atom. The molecule has 3 rings (SSSR count). The van der Waals surface area contributed by atoms with Crippen molar-refractivity contribution in [2.75, 3.05) is 33.2 Å². The van der Waals surface area contributed by atoms with Crippen molar-refractivity contribution in [1.29, 1.82) is 0 Å². The number of carbonyl (C=O) groups excluding carboxylic acids is 2. The maximum atomic E-state index is 13.9. The van der Waals surface area contributed by atoms with Crippen molar-refractivity contribution in [3.8, 4) is 0 Å². The highest BCUT2D eigenvalue weighted by Crippen LogP contribution is 2.32. The summed E-state index contributed by atoms with van der Waals surface area (Å²) in [6.45, 7) is 14.3. The number of amides is 2. The monoisotopic (exact) mass is 462 g/mol. The molecule has 33 heavy (non-hydrogen) atoms. The number of likely N-dealkylation sites (tertiary alicyclic amines) is 2. The van der Waals surface area contributed by atoms with Crippen LogP contribution in [0, 0.1) is 17.8 Å². The molecule has 0 radical (unpaired) electrons. The lowest BCUT2D eigenvalue weighted by molar-refractivity contribution is -0.152. The van der Waals surface area contributed by atoms with Crippen LogP contribution in [-0.4, -0.2) is 83.9 Å². The first-order chi connectivity index (χ1) is 15.7. The second-order valence-corrected chi connectivity index (χ2v) is 12.0. The van der Waals surface area contributed by atoms with E-state index < -0.39 is 0 Å². The summed E-state index contributed by atoms with van der Waals surface area (Å²) in [5, 5.41) is 3.39. The number of hydrogen-bond donors (Lipinski definition) is 1. The van der Waals surface area contributed by atoms with Crippen molar-refractivity contribution in [3.63, 3.8) is 0 Å². The maximum Gasteiger partial charge on any atom is 0.245 e. The molecule has 3 aliphatic rings. The third kappa shape index (κ3) is 6.94. The van der Waals surface area contributed by atoms with E-state index in [1.807, 2.05) is 4.90 Å². The van der Waals surface area contributed by atoms with Crippen molar-refractivity contribution in [3.05, 3.63) is 0 Å². The minimum Gasteiger partial charge on any atom is -0.338 e. The standard InChI is InChI=1S/C27H50N4O2/c1-19(2)15-24-26(32)31(14-11-28-24)25(16-20(3)4)27(33)30-13-10-22(17-21(30)5)18-23-9-7-8-12-29(23)6/h19-25,28H,7-18H2,1-6H3/t21-,22?,23?,24-,25-/m0/s1. The number of piperazine rings is 1. The van der Waals surface area contributed by atoms with Crippen LogP contribution in [0.4, 0.5) is 0 Å². The molecule has 3 fully saturated rings. The Labute approximate surface area is 202 Å². The van der Waals surface area contributed by atoms with Gasteiger partial charge in [-0.2, -0.15) is 0 Å². The summed E-state index contributed by atoms with van der Waals surface area (Å²) in [7, 11) is 2.28. The molecule has 0 aliphatic carbocycles. The first-order valence-electron chi connectivity index (χ1n) is 13.7. The predicted octanol–water partition coefficient (Wildman–Crippen LogP) is 3.75. The van der Waals surface area contributed by atoms with Crippen LogP contribution >= 0.6 is 0 Å². The molecule has 3 heterocycles. The molecule has 0 spiro atoms. The molecule has 6 nitrogen and oxygen atoms in total. The van der Waals surface area contributed by atoms with E-state index in [-0.39, 0.29) is 29.9 Å². The minimum absolute atomic E-state index is 0.122. The van der Waals surface area contributed by atoms with Gasteiger partial charge < -0.3 is 20.0 Å². The van der Waals surface area contributed by atoms with Crippen LogP contribution in [-0.2, 0) is 9.59 Å². The molecule has 0 aromatic rings. The molecule has 5 atom stereocenters. The van der Waals surface area contributed by atoms with E-state index in [9.17, 15) is 9.59 Å². The Morgan fingerprint density at radius 3 is 2.45 bits per heavy atom. The molecule has 1 N–H and O–H groups in total. The minimum atomic E-state index is -0.322. The molecule has 3 saturated heterocycles. The predicted molar refractivity (Wildman–Crippen MR) is 135 cm³/mol. The van der Waals surface area contributed by atoms with E-state index in [0.717, 1.165) is 38.8 Å². The summed E-state index contributed by atoms with van der Waals surface area (Å²) in [5.74, 6) is 1.84. The van der Waals surface area contributed by atoms with Gasteiger partial charge in [0.1, 0.15) is 6.04 Å². The average Bonchev–Trinajstić information content (AvgIpc) is 2.75. The zero-order valence-electron chi connectivity index (χ0n) is 22.2. The van der Waals surface area contributed by atoms with Crippen LogP contribution in [0.5, 0.6) is 0 Å². The van der Waals surface area contributed by atoms with Gasteiger partial charge in [0.2, 0.25) is 11.8 Å².